The number of aromatic amines is 1. The summed E-state index contributed by atoms with van der Waals surface area (Å²) in [6.45, 7) is 0. The van der Waals surface area contributed by atoms with Crippen molar-refractivity contribution in [1.29, 1.82) is 0 Å². The Hall–Kier alpha value is -2.57. The SMILES string of the molecule is Brc1ccc(-[n+]2c(-c3cccs3)[nH]c3nc4ccccc4nc32)cc1. The van der Waals surface area contributed by atoms with Crippen LogP contribution in [-0.4, -0.2) is 15.0 Å². The second-order valence-electron chi connectivity index (χ2n) is 5.65. The Morgan fingerprint density at radius 2 is 1.64 bits per heavy atom. The molecule has 0 amide bonds. The molecule has 0 aliphatic heterocycles. The normalized spacial score (nSPS) is 11.4. The Morgan fingerprint density at radius 3 is 2.36 bits per heavy atom. The van der Waals surface area contributed by atoms with Gasteiger partial charge in [-0.3, -0.25) is 0 Å². The van der Waals surface area contributed by atoms with Gasteiger partial charge in [-0.25, -0.2) is 9.97 Å². The molecule has 2 aromatic carbocycles. The van der Waals surface area contributed by atoms with Gasteiger partial charge >= 0.3 is 5.65 Å². The third-order valence-corrected chi connectivity index (χ3v) is 5.47. The summed E-state index contributed by atoms with van der Waals surface area (Å²) in [6.07, 6.45) is 0. The smallest absolute Gasteiger partial charge is 0.250 e. The van der Waals surface area contributed by atoms with Gasteiger partial charge in [-0.2, -0.15) is 4.57 Å². The van der Waals surface area contributed by atoms with Crippen molar-refractivity contribution in [2.75, 3.05) is 0 Å². The van der Waals surface area contributed by atoms with E-state index in [1.54, 1.807) is 11.3 Å². The summed E-state index contributed by atoms with van der Waals surface area (Å²) in [5.41, 5.74) is 4.42. The molecular formula is C19H12BrN4S+. The molecule has 0 aliphatic carbocycles. The van der Waals surface area contributed by atoms with Crippen LogP contribution in [0.5, 0.6) is 0 Å². The molecule has 0 saturated carbocycles. The van der Waals surface area contributed by atoms with E-state index in [9.17, 15) is 0 Å². The van der Waals surface area contributed by atoms with Gasteiger partial charge in [-0.1, -0.05) is 39.1 Å². The van der Waals surface area contributed by atoms with Crippen molar-refractivity contribution in [2.45, 2.75) is 0 Å². The van der Waals surface area contributed by atoms with Crippen molar-refractivity contribution < 1.29 is 4.57 Å². The van der Waals surface area contributed by atoms with Gasteiger partial charge in [0.1, 0.15) is 16.1 Å². The van der Waals surface area contributed by atoms with Crippen LogP contribution in [0.2, 0.25) is 0 Å². The van der Waals surface area contributed by atoms with E-state index in [0.29, 0.717) is 0 Å². The summed E-state index contributed by atoms with van der Waals surface area (Å²) in [7, 11) is 0. The van der Waals surface area contributed by atoms with Crippen molar-refractivity contribution in [3.8, 4) is 16.4 Å². The van der Waals surface area contributed by atoms with Gasteiger partial charge in [0, 0.05) is 4.47 Å². The maximum Gasteiger partial charge on any atom is 0.328 e. The number of benzene rings is 2. The standard InChI is InChI=1S/C19H11BrN4S/c20-12-7-9-13(10-8-12)24-18(16-6-3-11-25-16)23-17-19(24)22-15-5-2-1-4-14(15)21-17/h1-11H/p+1. The number of nitrogens with zero attached hydrogens (tertiary/aromatic N) is 3. The molecule has 5 rings (SSSR count). The fraction of sp³-hybridized carbons (Fsp3) is 0. The number of H-pyrrole nitrogens is 1. The van der Waals surface area contributed by atoms with Crippen molar-refractivity contribution in [1.82, 2.24) is 15.0 Å². The Labute approximate surface area is 155 Å². The topological polar surface area (TPSA) is 45.5 Å². The van der Waals surface area contributed by atoms with Gasteiger partial charge in [-0.05, 0) is 47.8 Å². The number of fused-ring (bicyclic) bond motifs is 2. The van der Waals surface area contributed by atoms with E-state index in [0.717, 1.165) is 43.2 Å². The van der Waals surface area contributed by atoms with Crippen LogP contribution in [0.4, 0.5) is 0 Å². The first-order valence-corrected chi connectivity index (χ1v) is 9.47. The summed E-state index contributed by atoms with van der Waals surface area (Å²) in [5, 5.41) is 2.07. The molecular weight excluding hydrogens is 396 g/mol. The van der Waals surface area contributed by atoms with Crippen LogP contribution in [0.1, 0.15) is 0 Å². The van der Waals surface area contributed by atoms with Crippen molar-refractivity contribution >= 4 is 49.6 Å². The Morgan fingerprint density at radius 1 is 0.880 bits per heavy atom. The van der Waals surface area contributed by atoms with E-state index in [4.69, 9.17) is 9.97 Å². The van der Waals surface area contributed by atoms with Crippen LogP contribution in [0.25, 0.3) is 38.7 Å². The molecule has 0 bridgehead atoms. The first kappa shape index (κ1) is 14.7. The zero-order valence-corrected chi connectivity index (χ0v) is 15.4. The monoisotopic (exact) mass is 407 g/mol. The van der Waals surface area contributed by atoms with Crippen molar-refractivity contribution in [3.63, 3.8) is 0 Å². The van der Waals surface area contributed by atoms with E-state index in [2.05, 4.69) is 55.1 Å². The molecule has 4 nitrogen and oxygen atoms in total. The third-order valence-electron chi connectivity index (χ3n) is 4.06. The van der Waals surface area contributed by atoms with Crippen molar-refractivity contribution in [3.05, 3.63) is 70.5 Å². The number of nitrogens with one attached hydrogen (secondary N) is 1. The van der Waals surface area contributed by atoms with E-state index < -0.39 is 0 Å². The molecule has 0 spiro atoms. The minimum Gasteiger partial charge on any atom is -0.250 e. The predicted octanol–water partition coefficient (Wildman–Crippen LogP) is 4.88. The number of para-hydroxylation sites is 2. The molecule has 0 radical (unpaired) electrons. The van der Waals surface area contributed by atoms with Gasteiger partial charge in [0.25, 0.3) is 11.5 Å². The first-order valence-electron chi connectivity index (χ1n) is 7.80. The minimum atomic E-state index is 0.782. The molecule has 1 N–H and O–H groups in total. The molecule has 0 saturated heterocycles. The fourth-order valence-corrected chi connectivity index (χ4v) is 3.91. The zero-order chi connectivity index (χ0) is 16.8. The molecule has 3 heterocycles. The maximum atomic E-state index is 4.87. The first-order chi connectivity index (χ1) is 12.3. The molecule has 6 heteroatoms. The third kappa shape index (κ3) is 2.45. The average Bonchev–Trinajstić information content (AvgIpc) is 3.28. The predicted molar refractivity (Wildman–Crippen MR) is 104 cm³/mol. The Kier molecular flexibility index (Phi) is 3.39. The zero-order valence-electron chi connectivity index (χ0n) is 13.0. The molecule has 25 heavy (non-hydrogen) atoms. The van der Waals surface area contributed by atoms with Crippen LogP contribution >= 0.6 is 27.3 Å². The van der Waals surface area contributed by atoms with Crippen molar-refractivity contribution in [2.24, 2.45) is 0 Å². The molecule has 0 unspecified atom stereocenters. The van der Waals surface area contributed by atoms with Gasteiger partial charge < -0.3 is 0 Å². The number of hydrogen-bond donors (Lipinski definition) is 1. The second kappa shape index (κ2) is 5.75. The fourth-order valence-electron chi connectivity index (χ4n) is 2.93. The highest BCUT2D eigenvalue weighted by molar-refractivity contribution is 9.10. The number of rotatable bonds is 2. The number of aromatic nitrogens is 4. The molecule has 0 fully saturated rings. The summed E-state index contributed by atoms with van der Waals surface area (Å²) in [5.74, 6) is 0.989. The number of imidazole rings is 1. The summed E-state index contributed by atoms with van der Waals surface area (Å²) >= 11 is 5.20. The lowest BCUT2D eigenvalue weighted by Gasteiger charge is -2.02. The highest BCUT2D eigenvalue weighted by Crippen LogP contribution is 2.25. The summed E-state index contributed by atoms with van der Waals surface area (Å²) in [6, 6.07) is 20.3. The van der Waals surface area contributed by atoms with Gasteiger partial charge in [0.15, 0.2) is 5.52 Å². The van der Waals surface area contributed by atoms with Crippen LogP contribution in [-0.2, 0) is 0 Å². The lowest BCUT2D eigenvalue weighted by atomic mass is 10.3. The maximum absolute atomic E-state index is 4.87. The molecule has 0 aliphatic rings. The second-order valence-corrected chi connectivity index (χ2v) is 7.51. The molecule has 0 atom stereocenters. The van der Waals surface area contributed by atoms with Gasteiger partial charge in [0.05, 0.1) is 0 Å². The van der Waals surface area contributed by atoms with Gasteiger partial charge in [-0.15, -0.1) is 11.3 Å². The van der Waals surface area contributed by atoms with E-state index in [1.165, 1.54) is 0 Å². The van der Waals surface area contributed by atoms with Crippen LogP contribution in [0.3, 0.4) is 0 Å². The highest BCUT2D eigenvalue weighted by Gasteiger charge is 2.24. The van der Waals surface area contributed by atoms with E-state index >= 15 is 0 Å². The van der Waals surface area contributed by atoms with E-state index in [1.807, 2.05) is 36.4 Å². The summed E-state index contributed by atoms with van der Waals surface area (Å²) < 4.78 is 3.18. The van der Waals surface area contributed by atoms with Crippen LogP contribution < -0.4 is 4.57 Å². The number of halogens is 1. The quantitative estimate of drug-likeness (QED) is 0.423. The molecule has 120 valence electrons. The summed E-state index contributed by atoms with van der Waals surface area (Å²) in [4.78, 5) is 14.2. The molecule has 5 aromatic rings. The largest absolute Gasteiger partial charge is 0.328 e. The van der Waals surface area contributed by atoms with Crippen LogP contribution in [0, 0.1) is 0 Å². The van der Waals surface area contributed by atoms with Gasteiger partial charge in [0.2, 0.25) is 0 Å². The highest BCUT2D eigenvalue weighted by atomic mass is 79.9. The Balaban J connectivity index is 1.89. The van der Waals surface area contributed by atoms with Crippen LogP contribution in [0.15, 0.2) is 70.5 Å². The van der Waals surface area contributed by atoms with E-state index in [-0.39, 0.29) is 0 Å². The minimum absolute atomic E-state index is 0.782. The average molecular weight is 408 g/mol. The number of hydrogen-bond acceptors (Lipinski definition) is 3. The number of thiophene rings is 1. The molecule has 3 aromatic heterocycles. The lowest BCUT2D eigenvalue weighted by molar-refractivity contribution is -0.556. The Bertz CT molecular complexity index is 1190. The lowest BCUT2D eigenvalue weighted by Crippen LogP contribution is -2.32.